The molecule has 0 bridgehead atoms. The molecular formula is C13H15NO4S. The summed E-state index contributed by atoms with van der Waals surface area (Å²) in [6, 6.07) is 1.51. The van der Waals surface area contributed by atoms with E-state index in [-0.39, 0.29) is 5.76 Å². The van der Waals surface area contributed by atoms with Gasteiger partial charge in [0.15, 0.2) is 0 Å². The maximum Gasteiger partial charge on any atom is 0.371 e. The first-order valence-corrected chi connectivity index (χ1v) is 6.75. The van der Waals surface area contributed by atoms with Gasteiger partial charge in [-0.2, -0.15) is 0 Å². The molecule has 0 amide bonds. The van der Waals surface area contributed by atoms with Crippen molar-refractivity contribution in [3.05, 3.63) is 39.2 Å². The Balaban J connectivity index is 1.83. The highest BCUT2D eigenvalue weighted by atomic mass is 32.1. The average molecular weight is 281 g/mol. The summed E-state index contributed by atoms with van der Waals surface area (Å²) in [4.78, 5) is 16.1. The van der Waals surface area contributed by atoms with Crippen molar-refractivity contribution >= 4 is 17.3 Å². The number of hydrogen-bond donors (Lipinski definition) is 1. The van der Waals surface area contributed by atoms with Crippen LogP contribution in [-0.4, -0.2) is 22.7 Å². The summed E-state index contributed by atoms with van der Waals surface area (Å²) in [5.74, 6) is -0.518. The van der Waals surface area contributed by atoms with Crippen LogP contribution < -0.4 is 0 Å². The minimum atomic E-state index is -1.06. The Kier molecular flexibility index (Phi) is 4.34. The van der Waals surface area contributed by atoms with Crippen LogP contribution in [-0.2, 0) is 17.8 Å². The van der Waals surface area contributed by atoms with Crippen molar-refractivity contribution in [3.63, 3.8) is 0 Å². The molecular weight excluding hydrogens is 266 g/mol. The zero-order valence-corrected chi connectivity index (χ0v) is 11.6. The van der Waals surface area contributed by atoms with Gasteiger partial charge in [-0.3, -0.25) is 0 Å². The van der Waals surface area contributed by atoms with Crippen LogP contribution in [0.15, 0.2) is 16.0 Å². The predicted molar refractivity (Wildman–Crippen MR) is 70.6 cm³/mol. The van der Waals surface area contributed by atoms with E-state index in [1.807, 2.05) is 12.4 Å². The van der Waals surface area contributed by atoms with Crippen LogP contribution in [0.4, 0.5) is 0 Å². The van der Waals surface area contributed by atoms with Gasteiger partial charge in [-0.15, -0.1) is 11.3 Å². The number of aromatic nitrogens is 1. The van der Waals surface area contributed by atoms with Gasteiger partial charge in [0, 0.05) is 16.9 Å². The van der Waals surface area contributed by atoms with Crippen molar-refractivity contribution in [1.82, 2.24) is 4.98 Å². The first-order chi connectivity index (χ1) is 9.08. The molecule has 0 aliphatic rings. The molecule has 0 aliphatic heterocycles. The van der Waals surface area contributed by atoms with Gasteiger partial charge in [0.25, 0.3) is 0 Å². The van der Waals surface area contributed by atoms with Gasteiger partial charge in [-0.1, -0.05) is 0 Å². The lowest BCUT2D eigenvalue weighted by Crippen LogP contribution is -1.99. The summed E-state index contributed by atoms with van der Waals surface area (Å²) in [7, 11) is 0. The van der Waals surface area contributed by atoms with E-state index in [0.29, 0.717) is 19.0 Å². The lowest BCUT2D eigenvalue weighted by atomic mass is 10.2. The lowest BCUT2D eigenvalue weighted by molar-refractivity contribution is 0.0661. The van der Waals surface area contributed by atoms with E-state index in [1.54, 1.807) is 18.3 Å². The Bertz CT molecular complexity index is 573. The normalized spacial score (nSPS) is 10.8. The topological polar surface area (TPSA) is 72.6 Å². The number of rotatable bonds is 6. The van der Waals surface area contributed by atoms with E-state index < -0.39 is 5.97 Å². The molecule has 102 valence electrons. The van der Waals surface area contributed by atoms with Gasteiger partial charge in [0.05, 0.1) is 24.4 Å². The number of carboxylic acid groups (broad SMARTS) is 1. The Labute approximate surface area is 114 Å². The molecule has 2 rings (SSSR count). The zero-order chi connectivity index (χ0) is 13.8. The molecule has 0 radical (unpaired) electrons. The number of carbonyl (C=O) groups is 1. The van der Waals surface area contributed by atoms with Crippen LogP contribution >= 0.6 is 11.3 Å². The predicted octanol–water partition coefficient (Wildman–Crippen LogP) is 2.81. The summed E-state index contributed by atoms with van der Waals surface area (Å²) in [6.07, 6.45) is 0.819. The van der Waals surface area contributed by atoms with Crippen molar-refractivity contribution in [1.29, 1.82) is 0 Å². The average Bonchev–Trinajstić information content (AvgIpc) is 2.92. The number of hydrogen-bond acceptors (Lipinski definition) is 5. The van der Waals surface area contributed by atoms with Crippen LogP contribution in [0.3, 0.4) is 0 Å². The summed E-state index contributed by atoms with van der Waals surface area (Å²) < 4.78 is 10.7. The molecule has 2 aromatic rings. The van der Waals surface area contributed by atoms with E-state index in [0.717, 1.165) is 17.7 Å². The molecule has 0 saturated heterocycles. The standard InChI is InChI=1S/C13H15NO4S/c1-8-12(19-7-14-8)3-4-17-6-10-5-11(13(15)16)18-9(10)2/h5,7H,3-4,6H2,1-2H3,(H,15,16). The Morgan fingerprint density at radius 1 is 1.53 bits per heavy atom. The molecule has 5 nitrogen and oxygen atoms in total. The second-order valence-corrected chi connectivity index (χ2v) is 5.10. The Morgan fingerprint density at radius 3 is 2.89 bits per heavy atom. The molecule has 0 aromatic carbocycles. The third-order valence-corrected chi connectivity index (χ3v) is 3.80. The van der Waals surface area contributed by atoms with Crippen molar-refractivity contribution < 1.29 is 19.1 Å². The summed E-state index contributed by atoms with van der Waals surface area (Å²) in [5, 5.41) is 8.81. The fraction of sp³-hybridized carbons (Fsp3) is 0.385. The Morgan fingerprint density at radius 2 is 2.32 bits per heavy atom. The van der Waals surface area contributed by atoms with Crippen LogP contribution in [0.1, 0.15) is 32.4 Å². The van der Waals surface area contributed by atoms with Gasteiger partial charge in [-0.25, -0.2) is 9.78 Å². The van der Waals surface area contributed by atoms with Crippen LogP contribution in [0.5, 0.6) is 0 Å². The van der Waals surface area contributed by atoms with E-state index >= 15 is 0 Å². The highest BCUT2D eigenvalue weighted by Crippen LogP contribution is 2.17. The summed E-state index contributed by atoms with van der Waals surface area (Å²) in [5.41, 5.74) is 3.64. The molecule has 0 saturated carbocycles. The second-order valence-electron chi connectivity index (χ2n) is 4.16. The highest BCUT2D eigenvalue weighted by Gasteiger charge is 2.13. The molecule has 0 atom stereocenters. The molecule has 2 heterocycles. The molecule has 2 aromatic heterocycles. The van der Waals surface area contributed by atoms with Gasteiger partial charge >= 0.3 is 5.97 Å². The Hall–Kier alpha value is -1.66. The third kappa shape index (κ3) is 3.42. The number of aromatic carboxylic acids is 1. The molecule has 0 fully saturated rings. The van der Waals surface area contributed by atoms with Gasteiger partial charge < -0.3 is 14.3 Å². The van der Waals surface area contributed by atoms with Crippen molar-refractivity contribution in [2.24, 2.45) is 0 Å². The SMILES string of the molecule is Cc1ncsc1CCOCc1cc(C(=O)O)oc1C. The molecule has 0 spiro atoms. The maximum atomic E-state index is 10.7. The summed E-state index contributed by atoms with van der Waals surface area (Å²) in [6.45, 7) is 4.65. The van der Waals surface area contributed by atoms with Crippen molar-refractivity contribution in [2.75, 3.05) is 6.61 Å². The zero-order valence-electron chi connectivity index (χ0n) is 10.8. The number of aryl methyl sites for hydroxylation is 2. The van der Waals surface area contributed by atoms with Crippen LogP contribution in [0.2, 0.25) is 0 Å². The maximum absolute atomic E-state index is 10.7. The minimum absolute atomic E-state index is 0.0469. The lowest BCUT2D eigenvalue weighted by Gasteiger charge is -2.02. The van der Waals surface area contributed by atoms with Crippen molar-refractivity contribution in [3.8, 4) is 0 Å². The first-order valence-electron chi connectivity index (χ1n) is 5.87. The molecule has 0 unspecified atom stereocenters. The molecule has 1 N–H and O–H groups in total. The number of thiazole rings is 1. The fourth-order valence-corrected chi connectivity index (χ4v) is 2.44. The van der Waals surface area contributed by atoms with E-state index in [2.05, 4.69) is 4.98 Å². The number of carboxylic acids is 1. The second kappa shape index (κ2) is 5.99. The van der Waals surface area contributed by atoms with E-state index in [9.17, 15) is 4.79 Å². The molecule has 0 aliphatic carbocycles. The highest BCUT2D eigenvalue weighted by molar-refractivity contribution is 7.09. The minimum Gasteiger partial charge on any atom is -0.475 e. The van der Waals surface area contributed by atoms with Crippen LogP contribution in [0, 0.1) is 13.8 Å². The van der Waals surface area contributed by atoms with Crippen LogP contribution in [0.25, 0.3) is 0 Å². The number of furan rings is 1. The first kappa shape index (κ1) is 13.8. The quantitative estimate of drug-likeness (QED) is 0.824. The number of nitrogens with zero attached hydrogens (tertiary/aromatic N) is 1. The summed E-state index contributed by atoms with van der Waals surface area (Å²) >= 11 is 1.62. The monoisotopic (exact) mass is 281 g/mol. The molecule has 6 heteroatoms. The number of ether oxygens (including phenoxy) is 1. The van der Waals surface area contributed by atoms with E-state index in [4.69, 9.17) is 14.3 Å². The largest absolute Gasteiger partial charge is 0.475 e. The van der Waals surface area contributed by atoms with Gasteiger partial charge in [0.2, 0.25) is 5.76 Å². The van der Waals surface area contributed by atoms with Gasteiger partial charge in [-0.05, 0) is 19.9 Å². The van der Waals surface area contributed by atoms with Crippen molar-refractivity contribution in [2.45, 2.75) is 26.9 Å². The van der Waals surface area contributed by atoms with Gasteiger partial charge in [0.1, 0.15) is 5.76 Å². The molecule has 19 heavy (non-hydrogen) atoms. The van der Waals surface area contributed by atoms with E-state index in [1.165, 1.54) is 10.9 Å². The third-order valence-electron chi connectivity index (χ3n) is 2.81. The smallest absolute Gasteiger partial charge is 0.371 e. The fourth-order valence-electron chi connectivity index (χ4n) is 1.68.